The fourth-order valence-electron chi connectivity index (χ4n) is 5.22. The Kier molecular flexibility index (Phi) is 12.9. The van der Waals surface area contributed by atoms with Gasteiger partial charge in [-0.15, -0.1) is 0 Å². The van der Waals surface area contributed by atoms with Crippen molar-refractivity contribution in [2.45, 2.75) is 84.7 Å². The fraction of sp³-hybridized carbons (Fsp3) is 0.567. The Bertz CT molecular complexity index is 823. The maximum Gasteiger partial charge on any atom is 0.224 e. The molecule has 1 saturated heterocycles. The number of fused-ring (bicyclic) bond motifs is 1. The summed E-state index contributed by atoms with van der Waals surface area (Å²) in [6, 6.07) is 19.8. The van der Waals surface area contributed by atoms with Crippen molar-refractivity contribution in [3.05, 3.63) is 71.3 Å². The quantitative estimate of drug-likeness (QED) is 0.536. The van der Waals surface area contributed by atoms with Crippen LogP contribution in [0.15, 0.2) is 54.6 Å². The molecule has 0 saturated carbocycles. The summed E-state index contributed by atoms with van der Waals surface area (Å²) in [5.41, 5.74) is 4.16. The average Bonchev–Trinajstić information content (AvgIpc) is 3.33. The van der Waals surface area contributed by atoms with Crippen molar-refractivity contribution in [3.63, 3.8) is 0 Å². The molecule has 2 N–H and O–H groups in total. The second-order valence-corrected chi connectivity index (χ2v) is 8.83. The van der Waals surface area contributed by atoms with E-state index in [0.29, 0.717) is 18.4 Å². The molecule has 1 amide bonds. The van der Waals surface area contributed by atoms with Gasteiger partial charge in [0.15, 0.2) is 0 Å². The van der Waals surface area contributed by atoms with Crippen LogP contribution in [-0.2, 0) is 17.6 Å². The minimum Gasteiger partial charge on any atom is -0.352 e. The lowest BCUT2D eigenvalue weighted by Gasteiger charge is -2.34. The summed E-state index contributed by atoms with van der Waals surface area (Å²) in [5, 5.41) is 7.07. The number of hydrogen-bond donors (Lipinski definition) is 2. The van der Waals surface area contributed by atoms with Gasteiger partial charge in [0.1, 0.15) is 0 Å². The van der Waals surface area contributed by atoms with Crippen molar-refractivity contribution >= 4 is 5.91 Å². The third kappa shape index (κ3) is 8.25. The van der Waals surface area contributed by atoms with Gasteiger partial charge in [-0.1, -0.05) is 89.2 Å². The molecule has 1 aliphatic carbocycles. The Labute approximate surface area is 208 Å². The van der Waals surface area contributed by atoms with E-state index in [4.69, 9.17) is 0 Å². The number of nitrogens with one attached hydrogen (secondary N) is 2. The van der Waals surface area contributed by atoms with Crippen LogP contribution in [0.3, 0.4) is 0 Å². The van der Waals surface area contributed by atoms with Crippen molar-refractivity contribution in [1.29, 1.82) is 0 Å². The summed E-state index contributed by atoms with van der Waals surface area (Å²) in [5.74, 6) is 0.761. The summed E-state index contributed by atoms with van der Waals surface area (Å²) < 4.78 is 0. The van der Waals surface area contributed by atoms with Crippen LogP contribution in [-0.4, -0.2) is 49.1 Å². The van der Waals surface area contributed by atoms with Crippen molar-refractivity contribution < 1.29 is 4.79 Å². The molecular weight excluding hydrogens is 418 g/mol. The molecule has 4 nitrogen and oxygen atoms in total. The van der Waals surface area contributed by atoms with Crippen LogP contribution in [0, 0.1) is 0 Å². The van der Waals surface area contributed by atoms with E-state index in [1.807, 2.05) is 58.0 Å². The number of rotatable bonds is 8. The second-order valence-electron chi connectivity index (χ2n) is 8.83. The van der Waals surface area contributed by atoms with Gasteiger partial charge in [-0.05, 0) is 48.3 Å². The van der Waals surface area contributed by atoms with E-state index < -0.39 is 0 Å². The summed E-state index contributed by atoms with van der Waals surface area (Å²) in [6.07, 6.45) is 5.13. The van der Waals surface area contributed by atoms with Gasteiger partial charge in [-0.25, -0.2) is 0 Å². The lowest BCUT2D eigenvalue weighted by atomic mass is 9.78. The standard InChI is InChI=1S/C26H35N3O.2C2H6/c1-2-23-24-11-7-6-10-21(24)12-13-25(23)27-15-17-29-16-14-22(19-29)28-26(30)18-20-8-4-3-5-9-20;2*1-2/h3-11,22-23,25,27H,2,12-19H2,1H3,(H,28,30);2*1-2H3. The number of carbonyl (C=O) groups excluding carboxylic acids is 1. The molecule has 1 aliphatic heterocycles. The molecule has 0 bridgehead atoms. The summed E-state index contributed by atoms with van der Waals surface area (Å²) in [4.78, 5) is 14.8. The predicted molar refractivity (Wildman–Crippen MR) is 145 cm³/mol. The second kappa shape index (κ2) is 15.7. The Hall–Kier alpha value is -2.17. The highest BCUT2D eigenvalue weighted by atomic mass is 16.1. The number of amides is 1. The zero-order valence-corrected chi connectivity index (χ0v) is 22.1. The van der Waals surface area contributed by atoms with Gasteiger partial charge in [0.05, 0.1) is 6.42 Å². The molecular formula is C30H47N3O. The predicted octanol–water partition coefficient (Wildman–Crippen LogP) is 5.57. The van der Waals surface area contributed by atoms with Crippen molar-refractivity contribution in [3.8, 4) is 0 Å². The van der Waals surface area contributed by atoms with E-state index in [9.17, 15) is 4.79 Å². The summed E-state index contributed by atoms with van der Waals surface area (Å²) in [6.45, 7) is 14.4. The van der Waals surface area contributed by atoms with E-state index in [1.54, 1.807) is 5.56 Å². The van der Waals surface area contributed by atoms with E-state index in [-0.39, 0.29) is 11.9 Å². The van der Waals surface area contributed by atoms with Crippen molar-refractivity contribution in [2.24, 2.45) is 0 Å². The first-order valence-corrected chi connectivity index (χ1v) is 13.6. The normalized spacial score (nSPS) is 21.4. The van der Waals surface area contributed by atoms with Gasteiger partial charge in [0.2, 0.25) is 5.91 Å². The lowest BCUT2D eigenvalue weighted by molar-refractivity contribution is -0.121. The maximum absolute atomic E-state index is 12.3. The van der Waals surface area contributed by atoms with Gasteiger partial charge >= 0.3 is 0 Å². The number of likely N-dealkylation sites (tertiary alicyclic amines) is 1. The van der Waals surface area contributed by atoms with Crippen molar-refractivity contribution in [1.82, 2.24) is 15.5 Å². The van der Waals surface area contributed by atoms with Gasteiger partial charge < -0.3 is 10.6 Å². The molecule has 2 aromatic carbocycles. The van der Waals surface area contributed by atoms with Crippen LogP contribution in [0.5, 0.6) is 0 Å². The molecule has 1 heterocycles. The first-order valence-electron chi connectivity index (χ1n) is 13.6. The fourth-order valence-corrected chi connectivity index (χ4v) is 5.22. The molecule has 1 fully saturated rings. The van der Waals surface area contributed by atoms with Gasteiger partial charge in [0, 0.05) is 38.3 Å². The van der Waals surface area contributed by atoms with Crippen LogP contribution < -0.4 is 10.6 Å². The lowest BCUT2D eigenvalue weighted by Crippen LogP contribution is -2.43. The Balaban J connectivity index is 0.000000970. The Morgan fingerprint density at radius 3 is 2.41 bits per heavy atom. The molecule has 2 aromatic rings. The molecule has 34 heavy (non-hydrogen) atoms. The SMILES string of the molecule is CC.CC.CCC1c2ccccc2CCC1NCCN1CCC(NC(=O)Cc2ccccc2)C1. The van der Waals surface area contributed by atoms with Crippen LogP contribution in [0.25, 0.3) is 0 Å². The number of nitrogens with zero attached hydrogens (tertiary/aromatic N) is 1. The zero-order valence-electron chi connectivity index (χ0n) is 22.1. The Morgan fingerprint density at radius 2 is 1.68 bits per heavy atom. The van der Waals surface area contributed by atoms with E-state index in [0.717, 1.165) is 38.2 Å². The van der Waals surface area contributed by atoms with E-state index in [1.165, 1.54) is 24.8 Å². The highest BCUT2D eigenvalue weighted by molar-refractivity contribution is 5.78. The topological polar surface area (TPSA) is 44.4 Å². The molecule has 4 rings (SSSR count). The van der Waals surface area contributed by atoms with Crippen LogP contribution in [0.1, 0.15) is 76.5 Å². The van der Waals surface area contributed by atoms with Crippen molar-refractivity contribution in [2.75, 3.05) is 26.2 Å². The molecule has 0 radical (unpaired) electrons. The summed E-state index contributed by atoms with van der Waals surface area (Å²) in [7, 11) is 0. The molecule has 0 spiro atoms. The minimum absolute atomic E-state index is 0.137. The highest BCUT2D eigenvalue weighted by Gasteiger charge is 2.28. The van der Waals surface area contributed by atoms with Gasteiger partial charge in [0.25, 0.3) is 0 Å². The Morgan fingerprint density at radius 1 is 0.971 bits per heavy atom. The first-order chi connectivity index (χ1) is 16.7. The molecule has 3 atom stereocenters. The number of carbonyl (C=O) groups is 1. The third-order valence-corrected chi connectivity index (χ3v) is 6.78. The first kappa shape index (κ1) is 28.1. The van der Waals surface area contributed by atoms with E-state index >= 15 is 0 Å². The molecule has 4 heteroatoms. The van der Waals surface area contributed by atoms with Gasteiger partial charge in [-0.2, -0.15) is 0 Å². The average molecular weight is 466 g/mol. The monoisotopic (exact) mass is 465 g/mol. The third-order valence-electron chi connectivity index (χ3n) is 6.78. The number of aryl methyl sites for hydroxylation is 1. The smallest absolute Gasteiger partial charge is 0.224 e. The molecule has 2 aliphatic rings. The van der Waals surface area contributed by atoms with E-state index in [2.05, 4.69) is 46.7 Å². The highest BCUT2D eigenvalue weighted by Crippen LogP contribution is 2.33. The van der Waals surface area contributed by atoms with Crippen LogP contribution in [0.4, 0.5) is 0 Å². The van der Waals surface area contributed by atoms with Crippen LogP contribution in [0.2, 0.25) is 0 Å². The maximum atomic E-state index is 12.3. The number of benzene rings is 2. The minimum atomic E-state index is 0.137. The molecule has 0 aromatic heterocycles. The molecule has 3 unspecified atom stereocenters. The largest absolute Gasteiger partial charge is 0.352 e. The zero-order chi connectivity index (χ0) is 24.8. The molecule has 188 valence electrons. The van der Waals surface area contributed by atoms with Gasteiger partial charge in [-0.3, -0.25) is 9.69 Å². The number of hydrogen-bond acceptors (Lipinski definition) is 3. The van der Waals surface area contributed by atoms with Crippen LogP contribution >= 0.6 is 0 Å². The summed E-state index contributed by atoms with van der Waals surface area (Å²) >= 11 is 0.